The number of benzene rings is 4. The molecule has 4 aromatic carbocycles. The first-order valence-electron chi connectivity index (χ1n) is 9.05. The van der Waals surface area contributed by atoms with Crippen molar-refractivity contribution in [1.29, 1.82) is 0 Å². The van der Waals surface area contributed by atoms with E-state index in [1.165, 1.54) is 0 Å². The molecule has 29 heavy (non-hydrogen) atoms. The van der Waals surface area contributed by atoms with Crippen LogP contribution in [0.1, 0.15) is 22.3 Å². The average molecular weight is 436 g/mol. The van der Waals surface area contributed by atoms with Gasteiger partial charge in [0.1, 0.15) is 0 Å². The van der Waals surface area contributed by atoms with Gasteiger partial charge in [-0.1, -0.05) is 146 Å². The van der Waals surface area contributed by atoms with Gasteiger partial charge in [-0.05, 0) is 22.3 Å². The summed E-state index contributed by atoms with van der Waals surface area (Å²) in [7, 11) is 0. The Kier molecular flexibility index (Phi) is 10.8. The van der Waals surface area contributed by atoms with Crippen LogP contribution in [0.15, 0.2) is 121 Å². The number of thiocarbonyl (C=S) groups is 2. The summed E-state index contributed by atoms with van der Waals surface area (Å²) in [5.74, 6) is 0. The van der Waals surface area contributed by atoms with Crippen molar-refractivity contribution in [2.24, 2.45) is 0 Å². The molecule has 0 bridgehead atoms. The van der Waals surface area contributed by atoms with Crippen molar-refractivity contribution in [3.63, 3.8) is 0 Å². The van der Waals surface area contributed by atoms with Crippen molar-refractivity contribution < 1.29 is 0 Å². The largest absolute Gasteiger partial charge is 0.0788 e. The maximum atomic E-state index is 5.39. The minimum absolute atomic E-state index is 0. The van der Waals surface area contributed by atoms with Crippen LogP contribution in [0.5, 0.6) is 0 Å². The molecule has 0 unspecified atom stereocenters. The second-order valence-electron chi connectivity index (χ2n) is 6.12. The smallest absolute Gasteiger partial charge is 0.0521 e. The fourth-order valence-corrected chi connectivity index (χ4v) is 3.24. The van der Waals surface area contributed by atoms with Gasteiger partial charge < -0.3 is 0 Å². The van der Waals surface area contributed by atoms with Gasteiger partial charge in [0.05, 0.1) is 9.73 Å². The van der Waals surface area contributed by atoms with Crippen LogP contribution in [-0.2, 0) is 0 Å². The number of hydrogen-bond acceptors (Lipinski definition) is 2. The van der Waals surface area contributed by atoms with Crippen molar-refractivity contribution in [3.8, 4) is 0 Å². The van der Waals surface area contributed by atoms with E-state index in [-0.39, 0.29) is 51.4 Å². The summed E-state index contributed by atoms with van der Waals surface area (Å²) in [4.78, 5) is 1.82. The van der Waals surface area contributed by atoms with E-state index in [0.29, 0.717) is 0 Å². The summed E-state index contributed by atoms with van der Waals surface area (Å²) in [5.41, 5.74) is 4.42. The summed E-state index contributed by atoms with van der Waals surface area (Å²) < 4.78 is 0. The van der Waals surface area contributed by atoms with Gasteiger partial charge in [0.25, 0.3) is 0 Å². The zero-order valence-corrected chi connectivity index (χ0v) is 21.1. The summed E-state index contributed by atoms with van der Waals surface area (Å²) >= 11 is 10.8. The van der Waals surface area contributed by atoms with Crippen LogP contribution in [0, 0.1) is 0 Å². The van der Waals surface area contributed by atoms with E-state index in [9.17, 15) is 0 Å². The van der Waals surface area contributed by atoms with Gasteiger partial charge in [0.15, 0.2) is 0 Å². The van der Waals surface area contributed by atoms with Gasteiger partial charge in [-0.15, -0.1) is 0 Å². The Balaban J connectivity index is 0.000000200. The fraction of sp³-hybridized carbons (Fsp3) is 0. The predicted molar refractivity (Wildman–Crippen MR) is 133 cm³/mol. The van der Waals surface area contributed by atoms with Crippen molar-refractivity contribution in [2.45, 2.75) is 0 Å². The van der Waals surface area contributed by atoms with E-state index in [2.05, 4.69) is 0 Å². The molecule has 0 aliphatic carbocycles. The fourth-order valence-electron chi connectivity index (χ4n) is 2.69. The molecule has 0 atom stereocenters. The Morgan fingerprint density at radius 1 is 0.345 bits per heavy atom. The van der Waals surface area contributed by atoms with E-state index in [1.54, 1.807) is 0 Å². The van der Waals surface area contributed by atoms with E-state index in [1.807, 2.05) is 121 Å². The third-order valence-electron chi connectivity index (χ3n) is 4.14. The Hall–Kier alpha value is -1.30. The van der Waals surface area contributed by atoms with Crippen LogP contribution in [0.3, 0.4) is 0 Å². The molecule has 0 aromatic heterocycles. The Morgan fingerprint density at radius 3 is 0.690 bits per heavy atom. The molecule has 0 aliphatic rings. The zero-order chi connectivity index (χ0) is 19.6. The third kappa shape index (κ3) is 7.47. The molecule has 0 nitrogen and oxygen atoms in total. The van der Waals surface area contributed by atoms with Crippen LogP contribution in [0.2, 0.25) is 0 Å². The molecule has 0 heterocycles. The molecule has 0 N–H and O–H groups in total. The maximum Gasteiger partial charge on any atom is 0.0521 e. The van der Waals surface area contributed by atoms with Crippen molar-refractivity contribution in [2.75, 3.05) is 0 Å². The predicted octanol–water partition coefficient (Wildman–Crippen LogP) is 6.53. The first-order valence-corrected chi connectivity index (χ1v) is 9.87. The van der Waals surface area contributed by atoms with Crippen LogP contribution in [0.25, 0.3) is 0 Å². The number of hydrogen-bond donors (Lipinski definition) is 0. The topological polar surface area (TPSA) is 0 Å². The van der Waals surface area contributed by atoms with Gasteiger partial charge in [0, 0.05) is 51.4 Å². The Bertz CT molecular complexity index is 845. The normalized spacial score (nSPS) is 9.38. The molecule has 137 valence electrons. The van der Waals surface area contributed by atoms with E-state index in [4.69, 9.17) is 24.4 Å². The van der Waals surface area contributed by atoms with Crippen LogP contribution < -0.4 is 0 Å². The molecule has 0 spiro atoms. The summed E-state index contributed by atoms with van der Waals surface area (Å²) in [5, 5.41) is 0. The van der Waals surface area contributed by atoms with Crippen LogP contribution >= 0.6 is 24.4 Å². The van der Waals surface area contributed by atoms with Crippen LogP contribution in [0.4, 0.5) is 0 Å². The molecule has 0 saturated carbocycles. The molecule has 4 rings (SSSR count). The average Bonchev–Trinajstić information content (AvgIpc) is 2.81. The maximum absolute atomic E-state index is 5.39. The standard InChI is InChI=1S/2C13H10S.K/c2*14-13(11-7-3-1-4-8-11)12-9-5-2-6-10-12;/h2*1-10H;. The summed E-state index contributed by atoms with van der Waals surface area (Å²) in [6.07, 6.45) is 0. The minimum atomic E-state index is 0. The molecule has 1 radical (unpaired) electrons. The van der Waals surface area contributed by atoms with Crippen molar-refractivity contribution >= 4 is 85.5 Å². The van der Waals surface area contributed by atoms with E-state index < -0.39 is 0 Å². The molecule has 0 amide bonds. The molecule has 4 aromatic rings. The number of rotatable bonds is 4. The van der Waals surface area contributed by atoms with E-state index >= 15 is 0 Å². The minimum Gasteiger partial charge on any atom is -0.0788 e. The first kappa shape index (κ1) is 24.0. The summed E-state index contributed by atoms with van der Waals surface area (Å²) in [6, 6.07) is 40.3. The quantitative estimate of drug-likeness (QED) is 0.203. The molecule has 0 aliphatic heterocycles. The third-order valence-corrected chi connectivity index (χ3v) is 5.09. The molecule has 0 fully saturated rings. The monoisotopic (exact) mass is 435 g/mol. The first-order chi connectivity index (χ1) is 13.8. The van der Waals surface area contributed by atoms with Gasteiger partial charge in [0.2, 0.25) is 0 Å². The zero-order valence-electron chi connectivity index (χ0n) is 16.4. The van der Waals surface area contributed by atoms with Gasteiger partial charge in [-0.3, -0.25) is 0 Å². The second-order valence-corrected chi connectivity index (χ2v) is 6.94. The van der Waals surface area contributed by atoms with Gasteiger partial charge in [-0.25, -0.2) is 0 Å². The molecular weight excluding hydrogens is 416 g/mol. The Labute approximate surface area is 226 Å². The van der Waals surface area contributed by atoms with Crippen molar-refractivity contribution in [3.05, 3.63) is 144 Å². The molecule has 0 saturated heterocycles. The molecule has 3 heteroatoms. The summed E-state index contributed by atoms with van der Waals surface area (Å²) in [6.45, 7) is 0. The van der Waals surface area contributed by atoms with Crippen LogP contribution in [-0.4, -0.2) is 61.1 Å². The molecular formula is C26H20KS2. The second kappa shape index (κ2) is 13.1. The van der Waals surface area contributed by atoms with Gasteiger partial charge in [-0.2, -0.15) is 0 Å². The van der Waals surface area contributed by atoms with Crippen molar-refractivity contribution in [1.82, 2.24) is 0 Å². The SMILES string of the molecule is S=C(c1ccccc1)c1ccccc1.S=C(c1ccccc1)c1ccccc1.[K]. The van der Waals surface area contributed by atoms with E-state index in [0.717, 1.165) is 32.0 Å². The Morgan fingerprint density at radius 2 is 0.517 bits per heavy atom. The van der Waals surface area contributed by atoms with Gasteiger partial charge >= 0.3 is 0 Å².